The Morgan fingerprint density at radius 2 is 1.94 bits per heavy atom. The van der Waals surface area contributed by atoms with Crippen molar-refractivity contribution in [3.63, 3.8) is 0 Å². The van der Waals surface area contributed by atoms with Crippen molar-refractivity contribution in [2.75, 3.05) is 6.61 Å². The Morgan fingerprint density at radius 3 is 2.61 bits per heavy atom. The fourth-order valence-electron chi connectivity index (χ4n) is 5.16. The monoisotopic (exact) mass is 444 g/mol. The number of rotatable bonds is 5. The fraction of sp³-hybridized carbons (Fsp3) is 0.423. The van der Waals surface area contributed by atoms with Gasteiger partial charge in [0.15, 0.2) is 5.60 Å². The van der Waals surface area contributed by atoms with E-state index in [1.165, 1.54) is 0 Å². The molecule has 0 amide bonds. The highest BCUT2D eigenvalue weighted by atomic mass is 16.5. The van der Waals surface area contributed by atoms with Crippen LogP contribution >= 0.6 is 0 Å². The predicted molar refractivity (Wildman–Crippen MR) is 124 cm³/mol. The number of nitrogens with one attached hydrogen (secondary N) is 1. The lowest BCUT2D eigenvalue weighted by Crippen LogP contribution is -2.41. The van der Waals surface area contributed by atoms with Crippen LogP contribution in [0.15, 0.2) is 34.9 Å². The molecule has 170 valence electrons. The Bertz CT molecular complexity index is 1330. The Hall–Kier alpha value is -3.03. The molecule has 4 heterocycles. The number of aromatic amines is 1. The number of aryl methyl sites for hydroxylation is 3. The van der Waals surface area contributed by atoms with E-state index in [0.29, 0.717) is 23.8 Å². The molecule has 2 atom stereocenters. The topological polar surface area (TPSA) is 97.1 Å². The molecule has 1 unspecified atom stereocenters. The Labute approximate surface area is 192 Å². The van der Waals surface area contributed by atoms with E-state index in [-0.39, 0.29) is 0 Å². The first-order chi connectivity index (χ1) is 15.9. The zero-order valence-electron chi connectivity index (χ0n) is 19.2. The van der Waals surface area contributed by atoms with Gasteiger partial charge in [-0.05, 0) is 76.3 Å². The summed E-state index contributed by atoms with van der Waals surface area (Å²) < 4.78 is 11.6. The number of hydrogen-bond acceptors (Lipinski definition) is 6. The number of fused-ring (bicyclic) bond motifs is 1. The van der Waals surface area contributed by atoms with Crippen LogP contribution in [-0.4, -0.2) is 37.9 Å². The highest BCUT2D eigenvalue weighted by Gasteiger charge is 2.46. The van der Waals surface area contributed by atoms with Crippen LogP contribution in [-0.2, 0) is 10.3 Å². The van der Waals surface area contributed by atoms with Crippen LogP contribution < -0.4 is 0 Å². The van der Waals surface area contributed by atoms with Gasteiger partial charge < -0.3 is 19.4 Å². The third-order valence-electron chi connectivity index (χ3n) is 6.98. The maximum absolute atomic E-state index is 12.5. The van der Waals surface area contributed by atoms with Gasteiger partial charge in [0, 0.05) is 29.3 Å². The van der Waals surface area contributed by atoms with Gasteiger partial charge in [0.1, 0.15) is 11.6 Å². The number of aliphatic hydroxyl groups is 1. The van der Waals surface area contributed by atoms with Gasteiger partial charge >= 0.3 is 0 Å². The minimum absolute atomic E-state index is 0.406. The van der Waals surface area contributed by atoms with Crippen molar-refractivity contribution < 1.29 is 14.4 Å². The van der Waals surface area contributed by atoms with E-state index in [2.05, 4.69) is 16.2 Å². The lowest BCUT2D eigenvalue weighted by molar-refractivity contribution is -0.0637. The fourth-order valence-corrected chi connectivity index (χ4v) is 5.16. The van der Waals surface area contributed by atoms with E-state index in [1.807, 2.05) is 45.0 Å². The van der Waals surface area contributed by atoms with Crippen LogP contribution in [0.25, 0.3) is 22.2 Å². The number of H-pyrrole nitrogens is 1. The maximum atomic E-state index is 12.5. The zero-order chi connectivity index (χ0) is 22.7. The quantitative estimate of drug-likeness (QED) is 0.458. The van der Waals surface area contributed by atoms with Crippen molar-refractivity contribution in [2.24, 2.45) is 0 Å². The average Bonchev–Trinajstić information content (AvgIpc) is 3.18. The smallest absolute Gasteiger partial charge is 0.159 e. The van der Waals surface area contributed by atoms with Crippen LogP contribution in [0, 0.1) is 20.8 Å². The number of hydrogen-bond donors (Lipinski definition) is 2. The number of ether oxygens (including phenoxy) is 1. The summed E-state index contributed by atoms with van der Waals surface area (Å²) in [5, 5.41) is 16.7. The number of aromatic nitrogens is 4. The highest BCUT2D eigenvalue weighted by molar-refractivity contribution is 5.87. The van der Waals surface area contributed by atoms with Crippen LogP contribution in [0.3, 0.4) is 0 Å². The van der Waals surface area contributed by atoms with Gasteiger partial charge in [-0.2, -0.15) is 0 Å². The third kappa shape index (κ3) is 3.30. The summed E-state index contributed by atoms with van der Waals surface area (Å²) in [6.45, 7) is 6.41. The van der Waals surface area contributed by atoms with E-state index in [9.17, 15) is 5.11 Å². The van der Waals surface area contributed by atoms with Gasteiger partial charge in [-0.3, -0.25) is 4.98 Å². The molecule has 1 aromatic carbocycles. The molecule has 3 aromatic heterocycles. The molecule has 0 bridgehead atoms. The van der Waals surface area contributed by atoms with Gasteiger partial charge in [0.25, 0.3) is 0 Å². The van der Waals surface area contributed by atoms with Crippen molar-refractivity contribution >= 4 is 11.0 Å². The van der Waals surface area contributed by atoms with Crippen LogP contribution in [0.5, 0.6) is 0 Å². The second-order valence-electron chi connectivity index (χ2n) is 9.45. The number of pyridine rings is 1. The predicted octanol–water partition coefficient (Wildman–Crippen LogP) is 4.83. The van der Waals surface area contributed by atoms with Crippen molar-refractivity contribution in [1.29, 1.82) is 0 Å². The second kappa shape index (κ2) is 7.50. The summed E-state index contributed by atoms with van der Waals surface area (Å²) in [5.41, 5.74) is 5.06. The molecule has 1 aliphatic heterocycles. The highest BCUT2D eigenvalue weighted by Crippen LogP contribution is 2.45. The van der Waals surface area contributed by atoms with Crippen LogP contribution in [0.2, 0.25) is 0 Å². The van der Waals surface area contributed by atoms with Crippen molar-refractivity contribution in [1.82, 2.24) is 20.1 Å². The summed E-state index contributed by atoms with van der Waals surface area (Å²) in [6, 6.07) is 9.88. The van der Waals surface area contributed by atoms with Crippen LogP contribution in [0.4, 0.5) is 0 Å². The first-order valence-corrected chi connectivity index (χ1v) is 11.7. The van der Waals surface area contributed by atoms with Crippen molar-refractivity contribution in [2.45, 2.75) is 64.1 Å². The van der Waals surface area contributed by atoms with E-state index < -0.39 is 11.7 Å². The number of benzene rings is 1. The second-order valence-corrected chi connectivity index (χ2v) is 9.45. The normalized spacial score (nSPS) is 20.4. The minimum Gasteiger partial charge on any atom is -0.376 e. The van der Waals surface area contributed by atoms with E-state index in [4.69, 9.17) is 19.2 Å². The Balaban J connectivity index is 1.66. The summed E-state index contributed by atoms with van der Waals surface area (Å²) >= 11 is 0. The molecule has 0 radical (unpaired) electrons. The molecule has 1 aliphatic carbocycles. The van der Waals surface area contributed by atoms with Crippen molar-refractivity contribution in [3.05, 3.63) is 64.6 Å². The molecule has 2 N–H and O–H groups in total. The first-order valence-electron chi connectivity index (χ1n) is 11.7. The Kier molecular flexibility index (Phi) is 4.67. The zero-order valence-corrected chi connectivity index (χ0v) is 19.2. The SMILES string of the molecule is Cc1cccc([C@](O)(c2cc(-c3c(C)noc3C)cc3[nH]c(C4CC4)nc23)C2CCCO2)n1. The van der Waals surface area contributed by atoms with Gasteiger partial charge in [-0.1, -0.05) is 11.2 Å². The molecular weight excluding hydrogens is 416 g/mol. The maximum Gasteiger partial charge on any atom is 0.159 e. The van der Waals surface area contributed by atoms with E-state index >= 15 is 0 Å². The molecule has 2 fully saturated rings. The van der Waals surface area contributed by atoms with Gasteiger partial charge in [-0.25, -0.2) is 4.98 Å². The molecule has 1 saturated carbocycles. The summed E-state index contributed by atoms with van der Waals surface area (Å²) in [5.74, 6) is 2.18. The molecule has 7 nitrogen and oxygen atoms in total. The average molecular weight is 445 g/mol. The molecule has 4 aromatic rings. The summed E-state index contributed by atoms with van der Waals surface area (Å²) in [7, 11) is 0. The minimum atomic E-state index is -1.44. The molecule has 0 spiro atoms. The lowest BCUT2D eigenvalue weighted by atomic mass is 9.81. The number of imidazole rings is 1. The molecule has 33 heavy (non-hydrogen) atoms. The Morgan fingerprint density at radius 1 is 1.09 bits per heavy atom. The van der Waals surface area contributed by atoms with Crippen LogP contribution in [0.1, 0.15) is 65.8 Å². The van der Waals surface area contributed by atoms with Crippen molar-refractivity contribution in [3.8, 4) is 11.1 Å². The first kappa shape index (κ1) is 20.6. The van der Waals surface area contributed by atoms with E-state index in [0.717, 1.165) is 70.8 Å². The van der Waals surface area contributed by atoms with Gasteiger partial charge in [0.2, 0.25) is 0 Å². The summed E-state index contributed by atoms with van der Waals surface area (Å²) in [6.07, 6.45) is 3.53. The molecular formula is C26H28N4O3. The van der Waals surface area contributed by atoms with Gasteiger partial charge in [0.05, 0.1) is 28.5 Å². The molecule has 1 saturated heterocycles. The summed E-state index contributed by atoms with van der Waals surface area (Å²) in [4.78, 5) is 13.3. The molecule has 6 rings (SSSR count). The molecule has 2 aliphatic rings. The van der Waals surface area contributed by atoms with Gasteiger partial charge in [-0.15, -0.1) is 0 Å². The van der Waals surface area contributed by atoms with E-state index in [1.54, 1.807) is 0 Å². The number of nitrogens with zero attached hydrogens (tertiary/aromatic N) is 3. The molecule has 7 heteroatoms. The standard InChI is InChI=1S/C26H28N4O3/c1-14-6-4-7-21(27-14)26(31,22-8-5-11-32-22)19-12-18(23-15(2)30-33-16(23)3)13-20-24(19)29-25(28-20)17-9-10-17/h4,6-7,12-13,17,22,31H,5,8-11H2,1-3H3,(H,28,29)/t22?,26-/m1/s1. The largest absolute Gasteiger partial charge is 0.376 e. The third-order valence-corrected chi connectivity index (χ3v) is 6.98. The lowest BCUT2D eigenvalue weighted by Gasteiger charge is -2.34.